The highest BCUT2D eigenvalue weighted by Crippen LogP contribution is 2.22. The summed E-state index contributed by atoms with van der Waals surface area (Å²) in [4.78, 5) is 0. The lowest BCUT2D eigenvalue weighted by molar-refractivity contribution is 0.133. The van der Waals surface area contributed by atoms with Gasteiger partial charge in [-0.05, 0) is 37.5 Å². The van der Waals surface area contributed by atoms with Crippen molar-refractivity contribution < 1.29 is 9.84 Å². The van der Waals surface area contributed by atoms with Crippen molar-refractivity contribution in [2.75, 3.05) is 6.61 Å². The van der Waals surface area contributed by atoms with Gasteiger partial charge < -0.3 is 15.6 Å². The summed E-state index contributed by atoms with van der Waals surface area (Å²) < 4.78 is 5.85. The van der Waals surface area contributed by atoms with Crippen LogP contribution in [0.4, 0.5) is 0 Å². The number of nitrogens with two attached hydrogens (primary N) is 1. The van der Waals surface area contributed by atoms with E-state index in [1.54, 1.807) is 0 Å². The average Bonchev–Trinajstić information content (AvgIpc) is 2.28. The van der Waals surface area contributed by atoms with E-state index in [0.29, 0.717) is 12.3 Å². The number of ether oxygens (including phenoxy) is 1. The fourth-order valence-electron chi connectivity index (χ4n) is 1.94. The maximum absolute atomic E-state index is 9.15. The van der Waals surface area contributed by atoms with Crippen LogP contribution in [0.2, 0.25) is 0 Å². The molecule has 0 aliphatic heterocycles. The molecule has 0 saturated carbocycles. The molecular formula is C15H25NO2. The lowest BCUT2D eigenvalue weighted by Gasteiger charge is -2.26. The smallest absolute Gasteiger partial charge is 0.119 e. The summed E-state index contributed by atoms with van der Waals surface area (Å²) in [5.41, 5.74) is 6.59. The van der Waals surface area contributed by atoms with Gasteiger partial charge in [-0.1, -0.05) is 26.0 Å². The zero-order valence-electron chi connectivity index (χ0n) is 11.8. The van der Waals surface area contributed by atoms with Gasteiger partial charge in [-0.25, -0.2) is 0 Å². The van der Waals surface area contributed by atoms with Crippen LogP contribution in [0.3, 0.4) is 0 Å². The molecule has 3 nitrogen and oxygen atoms in total. The van der Waals surface area contributed by atoms with E-state index in [0.717, 1.165) is 5.75 Å². The molecule has 0 heterocycles. The molecule has 3 N–H and O–H groups in total. The van der Waals surface area contributed by atoms with Crippen LogP contribution in [0.25, 0.3) is 0 Å². The van der Waals surface area contributed by atoms with E-state index in [-0.39, 0.29) is 12.7 Å². The third-order valence-corrected chi connectivity index (χ3v) is 2.98. The highest BCUT2D eigenvalue weighted by Gasteiger charge is 2.21. The third kappa shape index (κ3) is 4.67. The molecule has 0 fully saturated rings. The van der Waals surface area contributed by atoms with E-state index in [1.165, 1.54) is 5.56 Å². The lowest BCUT2D eigenvalue weighted by atomic mass is 9.97. The van der Waals surface area contributed by atoms with Gasteiger partial charge in [0.2, 0.25) is 0 Å². The second-order valence-electron chi connectivity index (χ2n) is 5.67. The van der Waals surface area contributed by atoms with Crippen molar-refractivity contribution in [1.82, 2.24) is 0 Å². The maximum atomic E-state index is 9.15. The summed E-state index contributed by atoms with van der Waals surface area (Å²) >= 11 is 0. The van der Waals surface area contributed by atoms with E-state index in [1.807, 2.05) is 26.0 Å². The van der Waals surface area contributed by atoms with E-state index in [4.69, 9.17) is 15.6 Å². The summed E-state index contributed by atoms with van der Waals surface area (Å²) in [5.74, 6) is 1.35. The number of aliphatic hydroxyl groups is 1. The Morgan fingerprint density at radius 3 is 2.56 bits per heavy atom. The second kappa shape index (κ2) is 6.21. The summed E-state index contributed by atoms with van der Waals surface area (Å²) in [6, 6.07) is 8.12. The quantitative estimate of drug-likeness (QED) is 0.817. The van der Waals surface area contributed by atoms with Gasteiger partial charge >= 0.3 is 0 Å². The highest BCUT2D eigenvalue weighted by molar-refractivity contribution is 5.30. The van der Waals surface area contributed by atoms with Crippen molar-refractivity contribution >= 4 is 0 Å². The number of rotatable bonds is 6. The van der Waals surface area contributed by atoms with Crippen LogP contribution in [0.1, 0.15) is 45.6 Å². The first kappa shape index (κ1) is 15.0. The summed E-state index contributed by atoms with van der Waals surface area (Å²) in [6.07, 6.45) is 0.602. The fourth-order valence-corrected chi connectivity index (χ4v) is 1.94. The van der Waals surface area contributed by atoms with E-state index < -0.39 is 5.54 Å². The zero-order valence-corrected chi connectivity index (χ0v) is 11.8. The van der Waals surface area contributed by atoms with Gasteiger partial charge in [-0.15, -0.1) is 0 Å². The van der Waals surface area contributed by atoms with E-state index in [9.17, 15) is 0 Å². The molecule has 2 unspecified atom stereocenters. The SMILES string of the molecule is CC(CC(C)(N)CO)Oc1cccc(C(C)C)c1. The largest absolute Gasteiger partial charge is 0.491 e. The first-order valence-electron chi connectivity index (χ1n) is 6.50. The molecule has 1 aromatic rings. The Hall–Kier alpha value is -1.06. The van der Waals surface area contributed by atoms with Crippen LogP contribution in [-0.4, -0.2) is 23.4 Å². The van der Waals surface area contributed by atoms with Gasteiger partial charge in [0.1, 0.15) is 5.75 Å². The van der Waals surface area contributed by atoms with Crippen LogP contribution in [-0.2, 0) is 0 Å². The van der Waals surface area contributed by atoms with E-state index >= 15 is 0 Å². The Morgan fingerprint density at radius 2 is 2.00 bits per heavy atom. The molecule has 1 rings (SSSR count). The van der Waals surface area contributed by atoms with Gasteiger partial charge in [-0.2, -0.15) is 0 Å². The van der Waals surface area contributed by atoms with Gasteiger partial charge in [-0.3, -0.25) is 0 Å². The van der Waals surface area contributed by atoms with Crippen molar-refractivity contribution in [3.63, 3.8) is 0 Å². The van der Waals surface area contributed by atoms with Gasteiger partial charge in [0, 0.05) is 12.0 Å². The normalized spacial score (nSPS) is 16.4. The second-order valence-corrected chi connectivity index (χ2v) is 5.67. The molecule has 18 heavy (non-hydrogen) atoms. The topological polar surface area (TPSA) is 55.5 Å². The Bertz CT molecular complexity index is 375. The van der Waals surface area contributed by atoms with Gasteiger partial charge in [0.05, 0.1) is 12.7 Å². The van der Waals surface area contributed by atoms with Gasteiger partial charge in [0.15, 0.2) is 0 Å². The van der Waals surface area contributed by atoms with Crippen molar-refractivity contribution in [2.24, 2.45) is 5.73 Å². The standard InChI is InChI=1S/C15H25NO2/c1-11(2)13-6-5-7-14(8-13)18-12(3)9-15(4,16)10-17/h5-8,11-12,17H,9-10,16H2,1-4H3. The number of benzene rings is 1. The Morgan fingerprint density at radius 1 is 1.33 bits per heavy atom. The van der Waals surface area contributed by atoms with Gasteiger partial charge in [0.25, 0.3) is 0 Å². The number of aliphatic hydroxyl groups excluding tert-OH is 1. The average molecular weight is 251 g/mol. The Balaban J connectivity index is 2.64. The molecule has 1 aromatic carbocycles. The minimum atomic E-state index is -0.588. The van der Waals surface area contributed by atoms with Crippen molar-refractivity contribution in [1.29, 1.82) is 0 Å². The molecule has 3 heteroatoms. The molecule has 0 amide bonds. The summed E-state index contributed by atoms with van der Waals surface area (Å²) in [6.45, 7) is 8.09. The number of hydrogen-bond acceptors (Lipinski definition) is 3. The first-order chi connectivity index (χ1) is 8.34. The number of hydrogen-bond donors (Lipinski definition) is 2. The molecule has 102 valence electrons. The maximum Gasteiger partial charge on any atom is 0.119 e. The fraction of sp³-hybridized carbons (Fsp3) is 0.600. The minimum Gasteiger partial charge on any atom is -0.491 e. The highest BCUT2D eigenvalue weighted by atomic mass is 16.5. The van der Waals surface area contributed by atoms with Crippen LogP contribution in [0.5, 0.6) is 5.75 Å². The Labute approximate surface area is 110 Å². The monoisotopic (exact) mass is 251 g/mol. The molecule has 0 bridgehead atoms. The molecule has 0 aromatic heterocycles. The summed E-state index contributed by atoms with van der Waals surface area (Å²) in [7, 11) is 0. The van der Waals surface area contributed by atoms with Crippen LogP contribution < -0.4 is 10.5 Å². The van der Waals surface area contributed by atoms with E-state index in [2.05, 4.69) is 26.0 Å². The summed E-state index contributed by atoms with van der Waals surface area (Å²) in [5, 5.41) is 9.15. The predicted octanol–water partition coefficient (Wildman–Crippen LogP) is 2.68. The molecular weight excluding hydrogens is 226 g/mol. The molecule has 0 aliphatic carbocycles. The van der Waals surface area contributed by atoms with Crippen LogP contribution in [0.15, 0.2) is 24.3 Å². The third-order valence-electron chi connectivity index (χ3n) is 2.98. The van der Waals surface area contributed by atoms with Crippen molar-refractivity contribution in [3.05, 3.63) is 29.8 Å². The lowest BCUT2D eigenvalue weighted by Crippen LogP contribution is -2.43. The van der Waals surface area contributed by atoms with Crippen LogP contribution >= 0.6 is 0 Å². The Kier molecular flexibility index (Phi) is 5.17. The predicted molar refractivity (Wildman–Crippen MR) is 74.9 cm³/mol. The van der Waals surface area contributed by atoms with Crippen molar-refractivity contribution in [3.8, 4) is 5.75 Å². The molecule has 0 aliphatic rings. The molecule has 0 spiro atoms. The zero-order chi connectivity index (χ0) is 13.8. The molecule has 0 saturated heterocycles. The minimum absolute atomic E-state index is 0.0189. The molecule has 0 radical (unpaired) electrons. The molecule has 2 atom stereocenters. The first-order valence-corrected chi connectivity index (χ1v) is 6.50. The van der Waals surface area contributed by atoms with Crippen LogP contribution in [0, 0.1) is 0 Å². The van der Waals surface area contributed by atoms with Crippen molar-refractivity contribution in [2.45, 2.75) is 51.7 Å².